The number of rotatable bonds is 6. The molecule has 1 aliphatic rings. The first kappa shape index (κ1) is 12.3. The molecular formula is C12H24N3+. The fourth-order valence-electron chi connectivity index (χ4n) is 1.73. The van der Waals surface area contributed by atoms with Gasteiger partial charge in [-0.15, -0.1) is 4.68 Å². The third kappa shape index (κ3) is 5.05. The van der Waals surface area contributed by atoms with E-state index in [1.807, 2.05) is 4.68 Å². The molecule has 0 aromatic heterocycles. The molecule has 0 bridgehead atoms. The maximum atomic E-state index is 4.26. The van der Waals surface area contributed by atoms with E-state index in [0.29, 0.717) is 12.0 Å². The SMILES string of the molecule is CC(C)CCCC1C=[N+](CC(C)C)N=N1. The predicted molar refractivity (Wildman–Crippen MR) is 63.4 cm³/mol. The molecule has 1 atom stereocenters. The third-order valence-corrected chi connectivity index (χ3v) is 2.49. The lowest BCUT2D eigenvalue weighted by Gasteiger charge is -2.02. The summed E-state index contributed by atoms with van der Waals surface area (Å²) in [5, 5.41) is 8.42. The summed E-state index contributed by atoms with van der Waals surface area (Å²) in [5.74, 6) is 1.45. The van der Waals surface area contributed by atoms with Crippen molar-refractivity contribution in [3.05, 3.63) is 0 Å². The van der Waals surface area contributed by atoms with Crippen LogP contribution in [0.15, 0.2) is 10.3 Å². The van der Waals surface area contributed by atoms with Crippen LogP contribution < -0.4 is 0 Å². The van der Waals surface area contributed by atoms with E-state index in [9.17, 15) is 0 Å². The van der Waals surface area contributed by atoms with Crippen LogP contribution in [-0.4, -0.2) is 23.5 Å². The predicted octanol–water partition coefficient (Wildman–Crippen LogP) is 3.30. The minimum absolute atomic E-state index is 0.336. The van der Waals surface area contributed by atoms with E-state index in [4.69, 9.17) is 0 Å². The maximum absolute atomic E-state index is 4.26. The van der Waals surface area contributed by atoms with Gasteiger partial charge in [0.2, 0.25) is 6.04 Å². The second kappa shape index (κ2) is 5.99. The normalized spacial score (nSPS) is 20.4. The quantitative estimate of drug-likeness (QED) is 0.602. The zero-order valence-corrected chi connectivity index (χ0v) is 10.5. The van der Waals surface area contributed by atoms with Crippen LogP contribution in [0.1, 0.15) is 47.0 Å². The van der Waals surface area contributed by atoms with Gasteiger partial charge in [0.1, 0.15) is 18.0 Å². The van der Waals surface area contributed by atoms with Crippen molar-refractivity contribution < 1.29 is 4.68 Å². The lowest BCUT2D eigenvalue weighted by atomic mass is 10.0. The van der Waals surface area contributed by atoms with Gasteiger partial charge in [0.25, 0.3) is 0 Å². The molecule has 1 aliphatic heterocycles. The van der Waals surface area contributed by atoms with Gasteiger partial charge in [0.05, 0.1) is 0 Å². The lowest BCUT2D eigenvalue weighted by molar-refractivity contribution is -0.537. The Labute approximate surface area is 93.3 Å². The van der Waals surface area contributed by atoms with Crippen molar-refractivity contribution >= 4 is 6.21 Å². The molecule has 0 radical (unpaired) electrons. The van der Waals surface area contributed by atoms with Gasteiger partial charge in [-0.3, -0.25) is 0 Å². The van der Waals surface area contributed by atoms with Gasteiger partial charge < -0.3 is 0 Å². The molecule has 0 aromatic rings. The van der Waals surface area contributed by atoms with E-state index >= 15 is 0 Å². The van der Waals surface area contributed by atoms with Gasteiger partial charge >= 0.3 is 0 Å². The monoisotopic (exact) mass is 210 g/mol. The van der Waals surface area contributed by atoms with Crippen molar-refractivity contribution in [2.45, 2.75) is 53.0 Å². The minimum atomic E-state index is 0.336. The molecule has 0 spiro atoms. The average Bonchev–Trinajstić information content (AvgIpc) is 2.50. The molecule has 3 nitrogen and oxygen atoms in total. The first-order valence-corrected chi connectivity index (χ1v) is 6.10. The minimum Gasteiger partial charge on any atom is -0.137 e. The molecule has 1 rings (SSSR count). The molecule has 0 amide bonds. The Hall–Kier alpha value is -0.730. The molecule has 0 aromatic carbocycles. The molecule has 0 saturated carbocycles. The molecule has 1 unspecified atom stereocenters. The highest BCUT2D eigenvalue weighted by molar-refractivity contribution is 5.59. The van der Waals surface area contributed by atoms with E-state index in [1.165, 1.54) is 12.8 Å². The molecular weight excluding hydrogens is 186 g/mol. The largest absolute Gasteiger partial charge is 0.222 e. The lowest BCUT2D eigenvalue weighted by Crippen LogP contribution is -2.14. The first-order chi connectivity index (χ1) is 7.08. The maximum Gasteiger partial charge on any atom is 0.222 e. The van der Waals surface area contributed by atoms with Crippen LogP contribution in [0.2, 0.25) is 0 Å². The second-order valence-corrected chi connectivity index (χ2v) is 5.26. The van der Waals surface area contributed by atoms with Gasteiger partial charge in [-0.1, -0.05) is 34.1 Å². The summed E-state index contributed by atoms with van der Waals surface area (Å²) in [6, 6.07) is 0.336. The Morgan fingerprint density at radius 2 is 1.93 bits per heavy atom. The van der Waals surface area contributed by atoms with Crippen molar-refractivity contribution in [1.82, 2.24) is 0 Å². The highest BCUT2D eigenvalue weighted by Crippen LogP contribution is 2.12. The fraction of sp³-hybridized carbons (Fsp3) is 0.917. The molecule has 86 valence electrons. The van der Waals surface area contributed by atoms with Crippen LogP contribution in [0.5, 0.6) is 0 Å². The van der Waals surface area contributed by atoms with Crippen molar-refractivity contribution in [2.75, 3.05) is 6.54 Å². The van der Waals surface area contributed by atoms with Gasteiger partial charge in [-0.25, -0.2) is 0 Å². The summed E-state index contributed by atoms with van der Waals surface area (Å²) in [5.41, 5.74) is 0. The van der Waals surface area contributed by atoms with E-state index in [-0.39, 0.29) is 0 Å². The fourth-order valence-corrected chi connectivity index (χ4v) is 1.73. The van der Waals surface area contributed by atoms with E-state index in [0.717, 1.165) is 18.9 Å². The smallest absolute Gasteiger partial charge is 0.137 e. The molecule has 0 fully saturated rings. The Kier molecular flexibility index (Phi) is 4.92. The first-order valence-electron chi connectivity index (χ1n) is 6.10. The summed E-state index contributed by atoms with van der Waals surface area (Å²) in [6.07, 6.45) is 5.87. The van der Waals surface area contributed by atoms with Crippen LogP contribution in [0, 0.1) is 11.8 Å². The van der Waals surface area contributed by atoms with Crippen molar-refractivity contribution in [1.29, 1.82) is 0 Å². The zero-order chi connectivity index (χ0) is 11.3. The molecule has 0 saturated heterocycles. The molecule has 1 heterocycles. The second-order valence-electron chi connectivity index (χ2n) is 5.26. The third-order valence-electron chi connectivity index (χ3n) is 2.49. The standard InChI is InChI=1S/C12H24N3/c1-10(2)6-5-7-12-9-15(14-13-12)8-11(3)4/h9-12H,5-8H2,1-4H3/q+1. The van der Waals surface area contributed by atoms with Gasteiger partial charge in [0.15, 0.2) is 0 Å². The van der Waals surface area contributed by atoms with E-state index in [2.05, 4.69) is 44.2 Å². The Balaban J connectivity index is 2.23. The van der Waals surface area contributed by atoms with E-state index < -0.39 is 0 Å². The van der Waals surface area contributed by atoms with Gasteiger partial charge in [-0.05, 0) is 18.3 Å². The highest BCUT2D eigenvalue weighted by Gasteiger charge is 2.21. The van der Waals surface area contributed by atoms with Crippen LogP contribution >= 0.6 is 0 Å². The zero-order valence-electron chi connectivity index (χ0n) is 10.5. The van der Waals surface area contributed by atoms with Crippen molar-refractivity contribution in [3.8, 4) is 0 Å². The Morgan fingerprint density at radius 1 is 1.20 bits per heavy atom. The van der Waals surface area contributed by atoms with Crippen LogP contribution in [-0.2, 0) is 0 Å². The summed E-state index contributed by atoms with van der Waals surface area (Å²) >= 11 is 0. The van der Waals surface area contributed by atoms with Crippen molar-refractivity contribution in [2.24, 2.45) is 22.2 Å². The van der Waals surface area contributed by atoms with E-state index in [1.54, 1.807) is 0 Å². The summed E-state index contributed by atoms with van der Waals surface area (Å²) < 4.78 is 1.99. The topological polar surface area (TPSA) is 27.7 Å². The number of nitrogens with zero attached hydrogens (tertiary/aromatic N) is 3. The van der Waals surface area contributed by atoms with Crippen molar-refractivity contribution in [3.63, 3.8) is 0 Å². The van der Waals surface area contributed by atoms with Crippen LogP contribution in [0.4, 0.5) is 0 Å². The Bertz CT molecular complexity index is 241. The Morgan fingerprint density at radius 3 is 2.53 bits per heavy atom. The number of hydrogen-bond acceptors (Lipinski definition) is 2. The summed E-state index contributed by atoms with van der Waals surface area (Å²) in [4.78, 5) is 0. The highest BCUT2D eigenvalue weighted by atomic mass is 15.5. The van der Waals surface area contributed by atoms with Crippen LogP contribution in [0.25, 0.3) is 0 Å². The average molecular weight is 210 g/mol. The molecule has 15 heavy (non-hydrogen) atoms. The summed E-state index contributed by atoms with van der Waals surface area (Å²) in [7, 11) is 0. The molecule has 3 heteroatoms. The van der Waals surface area contributed by atoms with Gasteiger partial charge in [-0.2, -0.15) is 0 Å². The van der Waals surface area contributed by atoms with Crippen LogP contribution in [0.3, 0.4) is 0 Å². The molecule has 0 aliphatic carbocycles. The number of hydrogen-bond donors (Lipinski definition) is 0. The summed E-state index contributed by atoms with van der Waals surface area (Å²) in [6.45, 7) is 9.94. The van der Waals surface area contributed by atoms with Gasteiger partial charge in [0, 0.05) is 11.5 Å². The molecule has 0 N–H and O–H groups in total.